The Balaban J connectivity index is 2.49. The van der Waals surface area contributed by atoms with Crippen molar-refractivity contribution in [1.29, 1.82) is 0 Å². The summed E-state index contributed by atoms with van der Waals surface area (Å²) in [6.07, 6.45) is 4.93. The third-order valence-electron chi connectivity index (χ3n) is 2.19. The van der Waals surface area contributed by atoms with Crippen molar-refractivity contribution in [1.82, 2.24) is 4.90 Å². The molecule has 1 N–H and O–H groups in total. The molecule has 3 nitrogen and oxygen atoms in total. The minimum atomic E-state index is -0.849. The van der Waals surface area contributed by atoms with Gasteiger partial charge in [0.15, 0.2) is 0 Å². The van der Waals surface area contributed by atoms with E-state index in [0.29, 0.717) is 0 Å². The van der Waals surface area contributed by atoms with Gasteiger partial charge in [-0.05, 0) is 26.2 Å². The van der Waals surface area contributed by atoms with E-state index in [2.05, 4.69) is 4.90 Å². The van der Waals surface area contributed by atoms with E-state index < -0.39 is 5.97 Å². The molecule has 3 heteroatoms. The fourth-order valence-electron chi connectivity index (χ4n) is 1.52. The first-order valence-corrected chi connectivity index (χ1v) is 4.36. The molecule has 1 aliphatic heterocycles. The molecule has 68 valence electrons. The molecule has 0 unspecified atom stereocenters. The van der Waals surface area contributed by atoms with Gasteiger partial charge in [-0.3, -0.25) is 0 Å². The Morgan fingerprint density at radius 2 is 1.92 bits per heavy atom. The van der Waals surface area contributed by atoms with Crippen LogP contribution in [0.15, 0.2) is 11.8 Å². The molecular formula is C9H15NO2. The van der Waals surface area contributed by atoms with Crippen LogP contribution < -0.4 is 0 Å². The number of nitrogens with zero attached hydrogens (tertiary/aromatic N) is 1. The number of carboxylic acids is 1. The number of carboxylic acid groups (broad SMARTS) is 1. The van der Waals surface area contributed by atoms with Crippen molar-refractivity contribution < 1.29 is 9.90 Å². The number of rotatable bonds is 2. The van der Waals surface area contributed by atoms with Gasteiger partial charge >= 0.3 is 5.97 Å². The molecule has 12 heavy (non-hydrogen) atoms. The number of carbonyl (C=O) groups is 1. The number of piperidine rings is 1. The van der Waals surface area contributed by atoms with Crippen LogP contribution in [-0.2, 0) is 4.79 Å². The standard InChI is InChI=1S/C9H15NO2/c1-8(7-9(11)12)10-5-3-2-4-6-10/h7H,2-6H2,1H3,(H,11,12)/b8-7+. The molecule has 0 aliphatic carbocycles. The van der Waals surface area contributed by atoms with Gasteiger partial charge in [-0.1, -0.05) is 0 Å². The summed E-state index contributed by atoms with van der Waals surface area (Å²) < 4.78 is 0. The summed E-state index contributed by atoms with van der Waals surface area (Å²) >= 11 is 0. The monoisotopic (exact) mass is 169 g/mol. The maximum atomic E-state index is 10.3. The van der Waals surface area contributed by atoms with Crippen LogP contribution in [0.25, 0.3) is 0 Å². The Hall–Kier alpha value is -0.990. The van der Waals surface area contributed by atoms with Crippen LogP contribution in [0.1, 0.15) is 26.2 Å². The average molecular weight is 169 g/mol. The summed E-state index contributed by atoms with van der Waals surface area (Å²) in [6, 6.07) is 0. The summed E-state index contributed by atoms with van der Waals surface area (Å²) in [4.78, 5) is 12.5. The first-order chi connectivity index (χ1) is 5.70. The highest BCUT2D eigenvalue weighted by molar-refractivity contribution is 5.80. The fourth-order valence-corrected chi connectivity index (χ4v) is 1.52. The lowest BCUT2D eigenvalue weighted by Crippen LogP contribution is -2.28. The maximum Gasteiger partial charge on any atom is 0.330 e. The topological polar surface area (TPSA) is 40.5 Å². The molecule has 0 atom stereocenters. The van der Waals surface area contributed by atoms with Crippen LogP contribution in [0, 0.1) is 0 Å². The van der Waals surface area contributed by atoms with E-state index in [-0.39, 0.29) is 0 Å². The molecule has 0 spiro atoms. The molecule has 1 rings (SSSR count). The minimum absolute atomic E-state index is 0.849. The highest BCUT2D eigenvalue weighted by Gasteiger charge is 2.10. The van der Waals surface area contributed by atoms with Crippen LogP contribution in [0.5, 0.6) is 0 Å². The molecular weight excluding hydrogens is 154 g/mol. The van der Waals surface area contributed by atoms with E-state index in [9.17, 15) is 4.79 Å². The van der Waals surface area contributed by atoms with E-state index in [1.54, 1.807) is 0 Å². The fraction of sp³-hybridized carbons (Fsp3) is 0.667. The second kappa shape index (κ2) is 4.14. The van der Waals surface area contributed by atoms with Gasteiger partial charge in [0.25, 0.3) is 0 Å². The van der Waals surface area contributed by atoms with Crippen molar-refractivity contribution in [3.05, 3.63) is 11.8 Å². The number of likely N-dealkylation sites (tertiary alicyclic amines) is 1. The summed E-state index contributed by atoms with van der Waals surface area (Å²) in [5.41, 5.74) is 0.877. The van der Waals surface area contributed by atoms with Gasteiger partial charge in [-0.25, -0.2) is 4.79 Å². The number of aliphatic carboxylic acids is 1. The van der Waals surface area contributed by atoms with Gasteiger partial charge in [0.2, 0.25) is 0 Å². The van der Waals surface area contributed by atoms with E-state index in [0.717, 1.165) is 18.8 Å². The zero-order valence-corrected chi connectivity index (χ0v) is 7.42. The van der Waals surface area contributed by atoms with Gasteiger partial charge in [-0.15, -0.1) is 0 Å². The lowest BCUT2D eigenvalue weighted by atomic mass is 10.1. The molecule has 0 bridgehead atoms. The van der Waals surface area contributed by atoms with E-state index in [1.165, 1.54) is 25.3 Å². The van der Waals surface area contributed by atoms with Crippen molar-refractivity contribution >= 4 is 5.97 Å². The molecule has 0 saturated carbocycles. The largest absolute Gasteiger partial charge is 0.478 e. The second-order valence-electron chi connectivity index (χ2n) is 3.17. The van der Waals surface area contributed by atoms with E-state index in [1.807, 2.05) is 6.92 Å². The summed E-state index contributed by atoms with van der Waals surface area (Å²) in [6.45, 7) is 3.88. The van der Waals surface area contributed by atoms with Gasteiger partial charge in [-0.2, -0.15) is 0 Å². The number of hydrogen-bond acceptors (Lipinski definition) is 2. The predicted molar refractivity (Wildman–Crippen MR) is 46.8 cm³/mol. The van der Waals surface area contributed by atoms with Crippen molar-refractivity contribution in [2.45, 2.75) is 26.2 Å². The molecule has 0 aromatic rings. The van der Waals surface area contributed by atoms with Crippen molar-refractivity contribution in [2.75, 3.05) is 13.1 Å². The molecule has 0 radical (unpaired) electrons. The Morgan fingerprint density at radius 3 is 2.42 bits per heavy atom. The Kier molecular flexibility index (Phi) is 3.14. The van der Waals surface area contributed by atoms with E-state index >= 15 is 0 Å². The number of allylic oxidation sites excluding steroid dienone is 1. The molecule has 0 aromatic heterocycles. The Morgan fingerprint density at radius 1 is 1.33 bits per heavy atom. The lowest BCUT2D eigenvalue weighted by molar-refractivity contribution is -0.131. The molecule has 1 saturated heterocycles. The van der Waals surface area contributed by atoms with Gasteiger partial charge in [0.05, 0.1) is 0 Å². The normalized spacial score (nSPS) is 19.4. The third-order valence-corrected chi connectivity index (χ3v) is 2.19. The molecule has 1 aliphatic rings. The zero-order chi connectivity index (χ0) is 8.97. The Labute approximate surface area is 72.7 Å². The zero-order valence-electron chi connectivity index (χ0n) is 7.42. The SMILES string of the molecule is C/C(=C\C(=O)O)N1CCCCC1. The molecule has 0 amide bonds. The summed E-state index contributed by atoms with van der Waals surface area (Å²) in [5, 5.41) is 8.51. The van der Waals surface area contributed by atoms with Gasteiger partial charge in [0.1, 0.15) is 0 Å². The van der Waals surface area contributed by atoms with Crippen LogP contribution in [0.4, 0.5) is 0 Å². The highest BCUT2D eigenvalue weighted by atomic mass is 16.4. The molecule has 1 heterocycles. The van der Waals surface area contributed by atoms with Crippen LogP contribution in [0.2, 0.25) is 0 Å². The van der Waals surface area contributed by atoms with Gasteiger partial charge < -0.3 is 10.0 Å². The smallest absolute Gasteiger partial charge is 0.330 e. The first kappa shape index (κ1) is 9.10. The summed E-state index contributed by atoms with van der Waals surface area (Å²) in [5.74, 6) is -0.849. The van der Waals surface area contributed by atoms with Crippen LogP contribution in [-0.4, -0.2) is 29.1 Å². The molecule has 0 aromatic carbocycles. The maximum absolute atomic E-state index is 10.3. The molecule has 1 fully saturated rings. The second-order valence-corrected chi connectivity index (χ2v) is 3.17. The third kappa shape index (κ3) is 2.57. The number of hydrogen-bond donors (Lipinski definition) is 1. The highest BCUT2D eigenvalue weighted by Crippen LogP contribution is 2.13. The van der Waals surface area contributed by atoms with E-state index in [4.69, 9.17) is 5.11 Å². The first-order valence-electron chi connectivity index (χ1n) is 4.36. The van der Waals surface area contributed by atoms with Crippen LogP contribution in [0.3, 0.4) is 0 Å². The van der Waals surface area contributed by atoms with Crippen molar-refractivity contribution in [3.8, 4) is 0 Å². The average Bonchev–Trinajstić information content (AvgIpc) is 2.05. The van der Waals surface area contributed by atoms with Gasteiger partial charge in [0, 0.05) is 24.9 Å². The van der Waals surface area contributed by atoms with Crippen molar-refractivity contribution in [3.63, 3.8) is 0 Å². The van der Waals surface area contributed by atoms with Crippen LogP contribution >= 0.6 is 0 Å². The lowest BCUT2D eigenvalue weighted by Gasteiger charge is -2.28. The van der Waals surface area contributed by atoms with Crippen molar-refractivity contribution in [2.24, 2.45) is 0 Å². The quantitative estimate of drug-likeness (QED) is 0.636. The minimum Gasteiger partial charge on any atom is -0.478 e. The predicted octanol–water partition coefficient (Wildman–Crippen LogP) is 1.46. The summed E-state index contributed by atoms with van der Waals surface area (Å²) in [7, 11) is 0. The Bertz CT molecular complexity index is 193.